The minimum absolute atomic E-state index is 0.300. The molecule has 0 N–H and O–H groups in total. The Labute approximate surface area is 93.3 Å². The summed E-state index contributed by atoms with van der Waals surface area (Å²) in [6.45, 7) is 0. The summed E-state index contributed by atoms with van der Waals surface area (Å²) >= 11 is 0. The average molecular weight is 217 g/mol. The molecule has 1 aromatic carbocycles. The molecule has 0 aliphatic heterocycles. The molecule has 2 aromatic rings. The summed E-state index contributed by atoms with van der Waals surface area (Å²) in [5.74, 6) is 1.43. The predicted molar refractivity (Wildman–Crippen MR) is 58.5 cm³/mol. The van der Waals surface area contributed by atoms with Gasteiger partial charge in [0.25, 0.3) is 0 Å². The number of ether oxygens (including phenoxy) is 1. The summed E-state index contributed by atoms with van der Waals surface area (Å²) in [5, 5.41) is 0. The molecule has 1 heterocycles. The molecule has 0 aliphatic carbocycles. The highest BCUT2D eigenvalue weighted by Gasteiger charge is 2.06. The first kappa shape index (κ1) is 10.3. The third kappa shape index (κ3) is 2.42. The van der Waals surface area contributed by atoms with Gasteiger partial charge in [0.15, 0.2) is 11.5 Å². The van der Waals surface area contributed by atoms with Crippen molar-refractivity contribution in [2.24, 2.45) is 0 Å². The number of methoxy groups -OCH3 is 1. The number of nitrogens with zero attached hydrogens (tertiary/aromatic N) is 1. The van der Waals surface area contributed by atoms with Crippen molar-refractivity contribution in [1.29, 1.82) is 0 Å². The van der Waals surface area contributed by atoms with Gasteiger partial charge in [-0.15, -0.1) is 0 Å². The van der Waals surface area contributed by atoms with E-state index < -0.39 is 0 Å². The van der Waals surface area contributed by atoms with Crippen LogP contribution < -0.4 is 14.5 Å². The normalized spacial score (nSPS) is 9.56. The molecule has 16 heavy (non-hydrogen) atoms. The average Bonchev–Trinajstić information content (AvgIpc) is 2.38. The van der Waals surface area contributed by atoms with Gasteiger partial charge in [0.05, 0.1) is 7.11 Å². The topological polar surface area (TPSA) is 40.6 Å². The highest BCUT2D eigenvalue weighted by molar-refractivity contribution is 5.32. The molecule has 0 amide bonds. The van der Waals surface area contributed by atoms with E-state index in [9.17, 15) is 0 Å². The van der Waals surface area contributed by atoms with E-state index in [-0.39, 0.29) is 0 Å². The summed E-state index contributed by atoms with van der Waals surface area (Å²) in [6, 6.07) is 12.7. The van der Waals surface area contributed by atoms with Crippen LogP contribution in [0.25, 0.3) is 0 Å². The number of aromatic nitrogens is 1. The van der Waals surface area contributed by atoms with Gasteiger partial charge in [-0.25, -0.2) is 4.98 Å². The van der Waals surface area contributed by atoms with E-state index in [0.717, 1.165) is 0 Å². The summed E-state index contributed by atoms with van der Waals surface area (Å²) < 4.78 is 5.07. The van der Waals surface area contributed by atoms with Crippen molar-refractivity contribution in [2.75, 3.05) is 7.11 Å². The van der Waals surface area contributed by atoms with E-state index in [2.05, 4.69) is 4.98 Å². The SMILES string of the molecule is COc1cccnc1OOc1ccccc1. The van der Waals surface area contributed by atoms with Crippen LogP contribution in [-0.2, 0) is 0 Å². The fourth-order valence-electron chi connectivity index (χ4n) is 1.16. The number of benzene rings is 1. The van der Waals surface area contributed by atoms with Gasteiger partial charge >= 0.3 is 5.88 Å². The lowest BCUT2D eigenvalue weighted by Gasteiger charge is -2.07. The highest BCUT2D eigenvalue weighted by Crippen LogP contribution is 2.23. The Morgan fingerprint density at radius 3 is 2.50 bits per heavy atom. The number of para-hydroxylation sites is 1. The Kier molecular flexibility index (Phi) is 3.23. The standard InChI is InChI=1S/C12H11NO3/c1-14-11-8-5-9-13-12(11)16-15-10-6-3-2-4-7-10/h2-9H,1H3. The van der Waals surface area contributed by atoms with Crippen LogP contribution in [0, 0.1) is 0 Å². The molecule has 2 rings (SSSR count). The van der Waals surface area contributed by atoms with E-state index in [4.69, 9.17) is 14.5 Å². The van der Waals surface area contributed by atoms with E-state index in [1.165, 1.54) is 0 Å². The second kappa shape index (κ2) is 5.02. The molecule has 0 fully saturated rings. The van der Waals surface area contributed by atoms with Crippen LogP contribution in [0.15, 0.2) is 48.7 Å². The summed E-state index contributed by atoms with van der Waals surface area (Å²) in [4.78, 5) is 14.2. The van der Waals surface area contributed by atoms with Crippen molar-refractivity contribution in [3.8, 4) is 17.4 Å². The van der Waals surface area contributed by atoms with Crippen molar-refractivity contribution in [3.63, 3.8) is 0 Å². The van der Waals surface area contributed by atoms with Crippen molar-refractivity contribution < 1.29 is 14.5 Å². The zero-order valence-corrected chi connectivity index (χ0v) is 8.79. The Morgan fingerprint density at radius 1 is 0.938 bits per heavy atom. The molecule has 82 valence electrons. The highest BCUT2D eigenvalue weighted by atomic mass is 17.2. The molecule has 1 aromatic heterocycles. The van der Waals surface area contributed by atoms with Crippen LogP contribution in [0.4, 0.5) is 0 Å². The van der Waals surface area contributed by atoms with Gasteiger partial charge in [0.1, 0.15) is 0 Å². The maximum Gasteiger partial charge on any atom is 0.311 e. The van der Waals surface area contributed by atoms with Crippen LogP contribution in [0.1, 0.15) is 0 Å². The lowest BCUT2D eigenvalue weighted by atomic mass is 10.3. The molecule has 0 unspecified atom stereocenters. The molecule has 0 bridgehead atoms. The zero-order valence-electron chi connectivity index (χ0n) is 8.79. The minimum atomic E-state index is 0.300. The lowest BCUT2D eigenvalue weighted by Crippen LogP contribution is -2.03. The van der Waals surface area contributed by atoms with Gasteiger partial charge in [-0.05, 0) is 24.3 Å². The summed E-state index contributed by atoms with van der Waals surface area (Å²) in [5.41, 5.74) is 0. The first-order chi connectivity index (χ1) is 7.90. The Morgan fingerprint density at radius 2 is 1.75 bits per heavy atom. The van der Waals surface area contributed by atoms with E-state index >= 15 is 0 Å². The summed E-state index contributed by atoms with van der Waals surface area (Å²) in [6.07, 6.45) is 1.60. The number of rotatable bonds is 4. The third-order valence-electron chi connectivity index (χ3n) is 1.92. The fraction of sp³-hybridized carbons (Fsp3) is 0.0833. The lowest BCUT2D eigenvalue weighted by molar-refractivity contribution is -0.106. The van der Waals surface area contributed by atoms with Crippen LogP contribution >= 0.6 is 0 Å². The van der Waals surface area contributed by atoms with Gasteiger partial charge < -0.3 is 4.74 Å². The van der Waals surface area contributed by atoms with E-state index in [1.807, 2.05) is 18.2 Å². The van der Waals surface area contributed by atoms with Crippen molar-refractivity contribution in [1.82, 2.24) is 4.98 Å². The molecular weight excluding hydrogens is 206 g/mol. The Balaban J connectivity index is 2.05. The molecule has 0 saturated heterocycles. The first-order valence-corrected chi connectivity index (χ1v) is 4.79. The van der Waals surface area contributed by atoms with Crippen LogP contribution in [0.2, 0.25) is 0 Å². The maximum atomic E-state index is 5.09. The molecule has 4 nitrogen and oxygen atoms in total. The molecule has 0 atom stereocenters. The van der Waals surface area contributed by atoms with Gasteiger partial charge in [-0.2, -0.15) is 0 Å². The van der Waals surface area contributed by atoms with E-state index in [1.54, 1.807) is 37.6 Å². The van der Waals surface area contributed by atoms with Gasteiger partial charge in [0.2, 0.25) is 0 Å². The number of pyridine rings is 1. The van der Waals surface area contributed by atoms with Crippen LogP contribution in [0.3, 0.4) is 0 Å². The zero-order chi connectivity index (χ0) is 11.2. The number of hydrogen-bond acceptors (Lipinski definition) is 4. The smallest absolute Gasteiger partial charge is 0.311 e. The van der Waals surface area contributed by atoms with Crippen LogP contribution in [-0.4, -0.2) is 12.1 Å². The Bertz CT molecular complexity index is 445. The van der Waals surface area contributed by atoms with Crippen molar-refractivity contribution in [2.45, 2.75) is 0 Å². The largest absolute Gasteiger partial charge is 0.491 e. The van der Waals surface area contributed by atoms with E-state index in [0.29, 0.717) is 17.4 Å². The maximum absolute atomic E-state index is 5.09. The summed E-state index contributed by atoms with van der Waals surface area (Å²) in [7, 11) is 1.55. The Hall–Kier alpha value is -2.23. The molecule has 4 heteroatoms. The minimum Gasteiger partial charge on any atom is -0.491 e. The van der Waals surface area contributed by atoms with Crippen molar-refractivity contribution >= 4 is 0 Å². The third-order valence-corrected chi connectivity index (χ3v) is 1.92. The van der Waals surface area contributed by atoms with Crippen LogP contribution in [0.5, 0.6) is 17.4 Å². The molecule has 0 saturated carbocycles. The van der Waals surface area contributed by atoms with Gasteiger partial charge in [0, 0.05) is 6.20 Å². The fourth-order valence-corrected chi connectivity index (χ4v) is 1.16. The molecular formula is C12H11NO3. The predicted octanol–water partition coefficient (Wildman–Crippen LogP) is 2.46. The molecule has 0 spiro atoms. The monoisotopic (exact) mass is 217 g/mol. The first-order valence-electron chi connectivity index (χ1n) is 4.79. The quantitative estimate of drug-likeness (QED) is 0.582. The second-order valence-electron chi connectivity index (χ2n) is 2.99. The molecule has 0 aliphatic rings. The number of hydrogen-bond donors (Lipinski definition) is 0. The van der Waals surface area contributed by atoms with Crippen molar-refractivity contribution in [3.05, 3.63) is 48.7 Å². The molecule has 0 radical (unpaired) electrons. The second-order valence-corrected chi connectivity index (χ2v) is 2.99. The van der Waals surface area contributed by atoms with Gasteiger partial charge in [-0.1, -0.05) is 18.2 Å². The van der Waals surface area contributed by atoms with Gasteiger partial charge in [-0.3, -0.25) is 9.78 Å².